The van der Waals surface area contributed by atoms with Gasteiger partial charge in [-0.05, 0) is 13.8 Å². The molecule has 0 heterocycles. The molecule has 0 saturated carbocycles. The van der Waals surface area contributed by atoms with Crippen LogP contribution in [0.3, 0.4) is 0 Å². The molecule has 0 aliphatic heterocycles. The quantitative estimate of drug-likeness (QED) is 0.504. The third-order valence-electron chi connectivity index (χ3n) is 0.770. The largest absolute Gasteiger partial charge is 0.503 e. The summed E-state index contributed by atoms with van der Waals surface area (Å²) in [6.45, 7) is 3.26. The summed E-state index contributed by atoms with van der Waals surface area (Å²) in [5.74, 6) is -0.845. The van der Waals surface area contributed by atoms with Gasteiger partial charge in [0, 0.05) is 5.57 Å². The highest BCUT2D eigenvalue weighted by molar-refractivity contribution is 5.85. The first kappa shape index (κ1) is 12.2. The topological polar surface area (TPSA) is 94.8 Å². The zero-order valence-electron chi connectivity index (χ0n) is 6.24. The minimum absolute atomic E-state index is 0.389. The van der Waals surface area contributed by atoms with Crippen molar-refractivity contribution >= 4 is 12.1 Å². The number of carbonyl (C=O) groups is 2. The molecule has 5 heteroatoms. The van der Waals surface area contributed by atoms with Crippen molar-refractivity contribution < 1.29 is 24.9 Å². The van der Waals surface area contributed by atoms with E-state index in [1.807, 2.05) is 0 Å². The molecule has 64 valence electrons. The van der Waals surface area contributed by atoms with Gasteiger partial charge < -0.3 is 15.3 Å². The Labute approximate surface area is 63.6 Å². The molecule has 3 N–H and O–H groups in total. The van der Waals surface area contributed by atoms with Gasteiger partial charge in [-0.3, -0.25) is 0 Å². The average Bonchev–Trinajstić information content (AvgIpc) is 1.85. The van der Waals surface area contributed by atoms with Crippen LogP contribution in [0.5, 0.6) is 0 Å². The Morgan fingerprint density at radius 3 is 1.45 bits per heavy atom. The van der Waals surface area contributed by atoms with Crippen LogP contribution in [-0.2, 0) is 4.79 Å². The molecule has 5 nitrogen and oxygen atoms in total. The molecule has 0 radical (unpaired) electrons. The van der Waals surface area contributed by atoms with E-state index in [1.165, 1.54) is 0 Å². The first-order valence-electron chi connectivity index (χ1n) is 2.70. The molecule has 0 spiro atoms. The lowest BCUT2D eigenvalue weighted by molar-refractivity contribution is -0.132. The van der Waals surface area contributed by atoms with Crippen molar-refractivity contribution in [3.8, 4) is 0 Å². The first-order chi connectivity index (χ1) is 4.91. The van der Waals surface area contributed by atoms with Crippen molar-refractivity contribution in [3.63, 3.8) is 0 Å². The van der Waals surface area contributed by atoms with E-state index in [9.17, 15) is 4.79 Å². The van der Waals surface area contributed by atoms with Gasteiger partial charge in [-0.1, -0.05) is 6.08 Å². The van der Waals surface area contributed by atoms with Gasteiger partial charge in [0.25, 0.3) is 0 Å². The lowest BCUT2D eigenvalue weighted by atomic mass is 10.3. The van der Waals surface area contributed by atoms with E-state index in [0.29, 0.717) is 5.57 Å². The van der Waals surface area contributed by atoms with Crippen LogP contribution in [0, 0.1) is 0 Å². The highest BCUT2D eigenvalue weighted by Gasteiger charge is 1.93. The molecule has 0 aliphatic rings. The number of rotatable bonds is 1. The molecule has 0 aromatic heterocycles. The second kappa shape index (κ2) is 6.60. The van der Waals surface area contributed by atoms with Gasteiger partial charge in [-0.25, -0.2) is 9.59 Å². The molecule has 0 aromatic rings. The number of hydrogen-bond donors (Lipinski definition) is 3. The van der Waals surface area contributed by atoms with Gasteiger partial charge in [-0.15, -0.1) is 0 Å². The number of carboxylic acid groups (broad SMARTS) is 3. The molecule has 0 unspecified atom stereocenters. The standard InChI is InChI=1S/C5H8O2.CH2O3/c1-3-4(2)5(6)7;2-1(3)4/h3H,1-2H3,(H,6,7);(H2,2,3,4). The van der Waals surface area contributed by atoms with E-state index in [2.05, 4.69) is 0 Å². The maximum Gasteiger partial charge on any atom is 0.503 e. The lowest BCUT2D eigenvalue weighted by Gasteiger charge is -1.84. The average molecular weight is 162 g/mol. The van der Waals surface area contributed by atoms with Gasteiger partial charge in [-0.2, -0.15) is 0 Å². The first-order valence-corrected chi connectivity index (χ1v) is 2.70. The maximum atomic E-state index is 9.86. The van der Waals surface area contributed by atoms with E-state index in [0.717, 1.165) is 0 Å². The Balaban J connectivity index is 0. The third kappa shape index (κ3) is 17.7. The Kier molecular flexibility index (Phi) is 7.31. The van der Waals surface area contributed by atoms with Crippen LogP contribution >= 0.6 is 0 Å². The minimum Gasteiger partial charge on any atom is -0.478 e. The van der Waals surface area contributed by atoms with Gasteiger partial charge in [0.05, 0.1) is 0 Å². The Bertz CT molecular complexity index is 166. The van der Waals surface area contributed by atoms with E-state index in [1.54, 1.807) is 19.9 Å². The van der Waals surface area contributed by atoms with Gasteiger partial charge in [0.15, 0.2) is 0 Å². The van der Waals surface area contributed by atoms with Gasteiger partial charge in [0.2, 0.25) is 0 Å². The maximum absolute atomic E-state index is 9.86. The lowest BCUT2D eigenvalue weighted by Crippen LogP contribution is -1.93. The Hall–Kier alpha value is -1.52. The molecule has 0 saturated heterocycles. The summed E-state index contributed by atoms with van der Waals surface area (Å²) in [5, 5.41) is 22.1. The van der Waals surface area contributed by atoms with E-state index >= 15 is 0 Å². The fraction of sp³-hybridized carbons (Fsp3) is 0.333. The smallest absolute Gasteiger partial charge is 0.478 e. The number of aliphatic carboxylic acids is 1. The molecular formula is C6H10O5. The summed E-state index contributed by atoms with van der Waals surface area (Å²) >= 11 is 0. The van der Waals surface area contributed by atoms with Crippen molar-refractivity contribution in [1.29, 1.82) is 0 Å². The van der Waals surface area contributed by atoms with Crippen molar-refractivity contribution in [1.82, 2.24) is 0 Å². The summed E-state index contributed by atoms with van der Waals surface area (Å²) in [4.78, 5) is 18.4. The second-order valence-electron chi connectivity index (χ2n) is 1.56. The molecule has 0 aliphatic carbocycles. The van der Waals surface area contributed by atoms with Crippen LogP contribution in [-0.4, -0.2) is 27.4 Å². The van der Waals surface area contributed by atoms with Crippen LogP contribution in [0.25, 0.3) is 0 Å². The molecule has 0 aromatic carbocycles. The molecule has 0 bridgehead atoms. The second-order valence-corrected chi connectivity index (χ2v) is 1.56. The fourth-order valence-corrected chi connectivity index (χ4v) is 0.123. The predicted molar refractivity (Wildman–Crippen MR) is 37.7 cm³/mol. The molecule has 0 atom stereocenters. The van der Waals surface area contributed by atoms with Crippen molar-refractivity contribution in [2.24, 2.45) is 0 Å². The predicted octanol–water partition coefficient (Wildman–Crippen LogP) is 1.26. The number of hydrogen-bond acceptors (Lipinski definition) is 2. The fourth-order valence-electron chi connectivity index (χ4n) is 0.123. The van der Waals surface area contributed by atoms with Crippen molar-refractivity contribution in [2.75, 3.05) is 0 Å². The Morgan fingerprint density at radius 2 is 1.45 bits per heavy atom. The number of carboxylic acids is 1. The van der Waals surface area contributed by atoms with Crippen LogP contribution in [0.4, 0.5) is 4.79 Å². The molecule has 0 rings (SSSR count). The number of allylic oxidation sites excluding steroid dienone is 1. The summed E-state index contributed by atoms with van der Waals surface area (Å²) < 4.78 is 0. The van der Waals surface area contributed by atoms with Crippen molar-refractivity contribution in [3.05, 3.63) is 11.6 Å². The highest BCUT2D eigenvalue weighted by Crippen LogP contribution is 1.87. The van der Waals surface area contributed by atoms with Gasteiger partial charge >= 0.3 is 12.1 Å². The van der Waals surface area contributed by atoms with E-state index in [4.69, 9.17) is 20.1 Å². The molecule has 0 fully saturated rings. The summed E-state index contributed by atoms with van der Waals surface area (Å²) in [6.07, 6.45) is -0.275. The molecular weight excluding hydrogens is 152 g/mol. The SMILES string of the molecule is CC=C(C)C(=O)O.O=C(O)O. The van der Waals surface area contributed by atoms with E-state index in [-0.39, 0.29) is 0 Å². The van der Waals surface area contributed by atoms with Crippen LogP contribution in [0.15, 0.2) is 11.6 Å². The zero-order chi connectivity index (χ0) is 9.44. The molecule has 11 heavy (non-hydrogen) atoms. The third-order valence-corrected chi connectivity index (χ3v) is 0.770. The Morgan fingerprint density at radius 1 is 1.18 bits per heavy atom. The van der Waals surface area contributed by atoms with Gasteiger partial charge in [0.1, 0.15) is 0 Å². The van der Waals surface area contributed by atoms with Crippen LogP contribution in [0.2, 0.25) is 0 Å². The minimum atomic E-state index is -1.83. The van der Waals surface area contributed by atoms with Crippen LogP contribution < -0.4 is 0 Å². The van der Waals surface area contributed by atoms with E-state index < -0.39 is 12.1 Å². The van der Waals surface area contributed by atoms with Crippen LogP contribution in [0.1, 0.15) is 13.8 Å². The zero-order valence-corrected chi connectivity index (χ0v) is 6.24. The van der Waals surface area contributed by atoms with Crippen molar-refractivity contribution in [2.45, 2.75) is 13.8 Å². The summed E-state index contributed by atoms with van der Waals surface area (Å²) in [7, 11) is 0. The molecule has 0 amide bonds. The monoisotopic (exact) mass is 162 g/mol. The normalized spacial score (nSPS) is 9.45. The summed E-state index contributed by atoms with van der Waals surface area (Å²) in [5.41, 5.74) is 0.389. The highest BCUT2D eigenvalue weighted by atomic mass is 16.6. The summed E-state index contributed by atoms with van der Waals surface area (Å²) in [6, 6.07) is 0.